The molecule has 21 heavy (non-hydrogen) atoms. The lowest BCUT2D eigenvalue weighted by Crippen LogP contribution is -2.16. The van der Waals surface area contributed by atoms with E-state index >= 15 is 0 Å². The van der Waals surface area contributed by atoms with Crippen molar-refractivity contribution < 1.29 is 17.9 Å². The number of anilines is 1. The lowest BCUT2D eigenvalue weighted by molar-refractivity contribution is -0.137. The molecule has 0 aromatic heterocycles. The molecule has 5 heteroatoms. The van der Waals surface area contributed by atoms with Gasteiger partial charge in [-0.15, -0.1) is 0 Å². The average Bonchev–Trinajstić information content (AvgIpc) is 2.47. The molecule has 0 aliphatic heterocycles. The molecule has 2 nitrogen and oxygen atoms in total. The highest BCUT2D eigenvalue weighted by atomic mass is 19.4. The molecule has 0 fully saturated rings. The molecule has 1 N–H and O–H groups in total. The first kappa shape index (κ1) is 15.4. The van der Waals surface area contributed by atoms with Crippen LogP contribution in [0.2, 0.25) is 0 Å². The molecule has 0 radical (unpaired) electrons. The smallest absolute Gasteiger partial charge is 0.382 e. The van der Waals surface area contributed by atoms with Crippen molar-refractivity contribution >= 4 is 5.69 Å². The van der Waals surface area contributed by atoms with Crippen LogP contribution in [0.3, 0.4) is 0 Å². The Bertz CT molecular complexity index is 569. The maximum absolute atomic E-state index is 12.7. The Labute approximate surface area is 121 Å². The predicted octanol–water partition coefficient (Wildman–Crippen LogP) is 4.51. The van der Waals surface area contributed by atoms with Gasteiger partial charge < -0.3 is 10.1 Å². The molecule has 0 saturated heterocycles. The summed E-state index contributed by atoms with van der Waals surface area (Å²) in [6.07, 6.45) is -4.35. The maximum atomic E-state index is 12.7. The van der Waals surface area contributed by atoms with Crippen molar-refractivity contribution in [2.75, 3.05) is 19.0 Å². The van der Waals surface area contributed by atoms with E-state index in [0.29, 0.717) is 12.3 Å². The summed E-state index contributed by atoms with van der Waals surface area (Å²) in [6.45, 7) is 0.361. The van der Waals surface area contributed by atoms with Crippen molar-refractivity contribution in [1.29, 1.82) is 0 Å². The molecule has 112 valence electrons. The fourth-order valence-electron chi connectivity index (χ4n) is 2.06. The quantitative estimate of drug-likeness (QED) is 0.876. The van der Waals surface area contributed by atoms with Gasteiger partial charge in [-0.05, 0) is 23.8 Å². The van der Waals surface area contributed by atoms with Crippen molar-refractivity contribution in [1.82, 2.24) is 0 Å². The number of hydrogen-bond donors (Lipinski definition) is 1. The lowest BCUT2D eigenvalue weighted by Gasteiger charge is -2.20. The van der Waals surface area contributed by atoms with E-state index in [1.54, 1.807) is 13.2 Å². The number of ether oxygens (including phenoxy) is 1. The zero-order chi connectivity index (χ0) is 15.3. The summed E-state index contributed by atoms with van der Waals surface area (Å²) in [7, 11) is 1.56. The average molecular weight is 295 g/mol. The molecule has 0 aliphatic rings. The second kappa shape index (κ2) is 6.63. The fraction of sp³-hybridized carbons (Fsp3) is 0.250. The van der Waals surface area contributed by atoms with Gasteiger partial charge >= 0.3 is 6.18 Å². The molecule has 0 aliphatic carbocycles. The van der Waals surface area contributed by atoms with E-state index in [1.165, 1.54) is 6.07 Å². The first-order valence-corrected chi connectivity index (χ1v) is 6.48. The first-order chi connectivity index (χ1) is 10.0. The number of alkyl halides is 3. The molecular weight excluding hydrogens is 279 g/mol. The summed E-state index contributed by atoms with van der Waals surface area (Å²) >= 11 is 0. The number of halogens is 3. The van der Waals surface area contributed by atoms with Crippen molar-refractivity contribution in [2.45, 2.75) is 12.2 Å². The highest BCUT2D eigenvalue weighted by molar-refractivity contribution is 5.48. The van der Waals surface area contributed by atoms with Gasteiger partial charge in [-0.25, -0.2) is 0 Å². The van der Waals surface area contributed by atoms with Crippen LogP contribution in [0.4, 0.5) is 18.9 Å². The Morgan fingerprint density at radius 2 is 1.76 bits per heavy atom. The van der Waals surface area contributed by atoms with Crippen molar-refractivity contribution in [3.8, 4) is 0 Å². The number of nitrogens with one attached hydrogen (secondary N) is 1. The summed E-state index contributed by atoms with van der Waals surface area (Å²) in [6, 6.07) is 14.4. The third-order valence-electron chi connectivity index (χ3n) is 3.07. The fourth-order valence-corrected chi connectivity index (χ4v) is 2.06. The van der Waals surface area contributed by atoms with Crippen LogP contribution in [-0.2, 0) is 10.9 Å². The Hall–Kier alpha value is -2.01. The van der Waals surface area contributed by atoms with E-state index in [2.05, 4.69) is 5.32 Å². The molecule has 2 aromatic carbocycles. The molecular formula is C16H16F3NO. The highest BCUT2D eigenvalue weighted by Gasteiger charge is 2.30. The number of methoxy groups -OCH3 is 1. The van der Waals surface area contributed by atoms with Crippen LogP contribution in [0.5, 0.6) is 0 Å². The van der Waals surface area contributed by atoms with Crippen molar-refractivity contribution in [3.63, 3.8) is 0 Å². The minimum atomic E-state index is -4.35. The van der Waals surface area contributed by atoms with Crippen LogP contribution in [0.1, 0.15) is 17.2 Å². The Morgan fingerprint density at radius 3 is 2.38 bits per heavy atom. The van der Waals surface area contributed by atoms with Crippen molar-refractivity contribution in [2.24, 2.45) is 0 Å². The molecule has 0 saturated carbocycles. The largest absolute Gasteiger partial charge is 0.416 e. The van der Waals surface area contributed by atoms with Gasteiger partial charge in [0.25, 0.3) is 0 Å². The van der Waals surface area contributed by atoms with E-state index in [0.717, 1.165) is 17.7 Å². The molecule has 1 unspecified atom stereocenters. The van der Waals surface area contributed by atoms with Crippen molar-refractivity contribution in [3.05, 3.63) is 65.7 Å². The molecule has 0 spiro atoms. The predicted molar refractivity (Wildman–Crippen MR) is 76.1 cm³/mol. The monoisotopic (exact) mass is 295 g/mol. The van der Waals surface area contributed by atoms with E-state index in [1.807, 2.05) is 30.3 Å². The summed E-state index contributed by atoms with van der Waals surface area (Å²) in [5.41, 5.74) is 0.698. The van der Waals surface area contributed by atoms with Crippen LogP contribution in [0.15, 0.2) is 54.6 Å². The van der Waals surface area contributed by atoms with Gasteiger partial charge in [0.15, 0.2) is 0 Å². The summed E-state index contributed by atoms with van der Waals surface area (Å²) in [4.78, 5) is 0. The third kappa shape index (κ3) is 4.23. The third-order valence-corrected chi connectivity index (χ3v) is 3.07. The zero-order valence-electron chi connectivity index (χ0n) is 11.5. The lowest BCUT2D eigenvalue weighted by atomic mass is 10.1. The van der Waals surface area contributed by atoms with E-state index in [9.17, 15) is 13.2 Å². The van der Waals surface area contributed by atoms with Crippen LogP contribution >= 0.6 is 0 Å². The molecule has 0 bridgehead atoms. The SMILES string of the molecule is COCC(Nc1cccc(C(F)(F)F)c1)c1ccccc1. The van der Waals surface area contributed by atoms with E-state index < -0.39 is 11.7 Å². The highest BCUT2D eigenvalue weighted by Crippen LogP contribution is 2.31. The van der Waals surface area contributed by atoms with E-state index in [-0.39, 0.29) is 6.04 Å². The maximum Gasteiger partial charge on any atom is 0.416 e. The van der Waals surface area contributed by atoms with Gasteiger partial charge in [-0.2, -0.15) is 13.2 Å². The number of rotatable bonds is 5. The second-order valence-electron chi connectivity index (χ2n) is 4.64. The zero-order valence-corrected chi connectivity index (χ0v) is 11.5. The molecule has 2 aromatic rings. The standard InChI is InChI=1S/C16H16F3NO/c1-21-11-15(12-6-3-2-4-7-12)20-14-9-5-8-13(10-14)16(17,18)19/h2-10,15,20H,11H2,1H3. The first-order valence-electron chi connectivity index (χ1n) is 6.48. The molecule has 0 heterocycles. The van der Waals surface area contributed by atoms with Gasteiger partial charge in [-0.3, -0.25) is 0 Å². The second-order valence-corrected chi connectivity index (χ2v) is 4.64. The summed E-state index contributed by atoms with van der Waals surface area (Å²) in [5, 5.41) is 3.08. The van der Waals surface area contributed by atoms with Gasteiger partial charge in [0, 0.05) is 12.8 Å². The van der Waals surface area contributed by atoms with Crippen LogP contribution in [0, 0.1) is 0 Å². The van der Waals surface area contributed by atoms with Crippen LogP contribution < -0.4 is 5.32 Å². The molecule has 2 rings (SSSR count). The topological polar surface area (TPSA) is 21.3 Å². The number of hydrogen-bond acceptors (Lipinski definition) is 2. The van der Waals surface area contributed by atoms with Gasteiger partial charge in [0.05, 0.1) is 18.2 Å². The Morgan fingerprint density at radius 1 is 1.05 bits per heavy atom. The van der Waals surface area contributed by atoms with Gasteiger partial charge in [-0.1, -0.05) is 36.4 Å². The number of benzene rings is 2. The van der Waals surface area contributed by atoms with E-state index in [4.69, 9.17) is 4.74 Å². The van der Waals surface area contributed by atoms with Crippen LogP contribution in [0.25, 0.3) is 0 Å². The Balaban J connectivity index is 2.21. The van der Waals surface area contributed by atoms with Gasteiger partial charge in [0.2, 0.25) is 0 Å². The van der Waals surface area contributed by atoms with Crippen LogP contribution in [-0.4, -0.2) is 13.7 Å². The normalized spacial score (nSPS) is 13.0. The summed E-state index contributed by atoms with van der Waals surface area (Å²) in [5.74, 6) is 0. The van der Waals surface area contributed by atoms with Gasteiger partial charge in [0.1, 0.15) is 0 Å². The molecule has 1 atom stereocenters. The summed E-state index contributed by atoms with van der Waals surface area (Å²) < 4.78 is 43.3. The minimum absolute atomic E-state index is 0.209. The molecule has 0 amide bonds. The minimum Gasteiger partial charge on any atom is -0.382 e. The Kier molecular flexibility index (Phi) is 4.85.